The smallest absolute Gasteiger partial charge is 0.0696 e. The van der Waals surface area contributed by atoms with Gasteiger partial charge in [-0.3, -0.25) is 0 Å². The van der Waals surface area contributed by atoms with Crippen LogP contribution in [0.25, 0.3) is 0 Å². The van der Waals surface area contributed by atoms with Crippen LogP contribution in [0.4, 0.5) is 0 Å². The summed E-state index contributed by atoms with van der Waals surface area (Å²) in [7, 11) is 0. The molecule has 1 fully saturated rings. The van der Waals surface area contributed by atoms with Gasteiger partial charge in [0, 0.05) is 4.88 Å². The van der Waals surface area contributed by atoms with Crippen LogP contribution < -0.4 is 0 Å². The Hall–Kier alpha value is 0.280. The van der Waals surface area contributed by atoms with Crippen molar-refractivity contribution in [1.82, 2.24) is 0 Å². The van der Waals surface area contributed by atoms with Crippen LogP contribution in [-0.4, -0.2) is 0 Å². The average molecular weight is 263 g/mol. The minimum absolute atomic E-state index is 0.126. The van der Waals surface area contributed by atoms with E-state index in [1.807, 2.05) is 11.4 Å². The molecular weight excluding hydrogens is 247 g/mol. The van der Waals surface area contributed by atoms with Crippen molar-refractivity contribution in [3.05, 3.63) is 21.3 Å². The first-order chi connectivity index (χ1) is 7.27. The molecule has 0 amide bonds. The number of rotatable bonds is 3. The summed E-state index contributed by atoms with van der Waals surface area (Å²) in [5, 5.41) is 2.99. The van der Waals surface area contributed by atoms with Crippen LogP contribution in [0.15, 0.2) is 11.4 Å². The van der Waals surface area contributed by atoms with Gasteiger partial charge in [0.15, 0.2) is 0 Å². The fourth-order valence-corrected chi connectivity index (χ4v) is 4.11. The van der Waals surface area contributed by atoms with E-state index in [0.717, 1.165) is 22.2 Å². The second kappa shape index (κ2) is 5.56. The SMILES string of the molecule is Clc1ccsc1C(Cl)CC1CCCCC1. The second-order valence-electron chi connectivity index (χ2n) is 4.34. The first-order valence-corrected chi connectivity index (χ1v) is 7.33. The van der Waals surface area contributed by atoms with E-state index in [9.17, 15) is 0 Å². The van der Waals surface area contributed by atoms with Crippen LogP contribution in [0.5, 0.6) is 0 Å². The zero-order chi connectivity index (χ0) is 10.7. The molecule has 0 radical (unpaired) electrons. The van der Waals surface area contributed by atoms with Gasteiger partial charge >= 0.3 is 0 Å². The van der Waals surface area contributed by atoms with Crippen molar-refractivity contribution in [2.75, 3.05) is 0 Å². The Kier molecular flexibility index (Phi) is 4.36. The van der Waals surface area contributed by atoms with Crippen LogP contribution in [0, 0.1) is 5.92 Å². The van der Waals surface area contributed by atoms with Crippen molar-refractivity contribution in [2.45, 2.75) is 43.9 Å². The quantitative estimate of drug-likeness (QED) is 0.618. The molecule has 3 heteroatoms. The molecule has 84 valence electrons. The van der Waals surface area contributed by atoms with Crippen molar-refractivity contribution >= 4 is 34.5 Å². The molecular formula is C12H16Cl2S. The van der Waals surface area contributed by atoms with Crippen LogP contribution in [0.1, 0.15) is 48.8 Å². The Morgan fingerprint density at radius 3 is 2.67 bits per heavy atom. The number of alkyl halides is 1. The minimum atomic E-state index is 0.126. The lowest BCUT2D eigenvalue weighted by atomic mass is 9.86. The van der Waals surface area contributed by atoms with E-state index in [1.165, 1.54) is 32.1 Å². The molecule has 0 bridgehead atoms. The maximum absolute atomic E-state index is 6.41. The third-order valence-electron chi connectivity index (χ3n) is 3.19. The van der Waals surface area contributed by atoms with Crippen molar-refractivity contribution < 1.29 is 0 Å². The third-order valence-corrected chi connectivity index (χ3v) is 5.19. The Morgan fingerprint density at radius 1 is 1.33 bits per heavy atom. The van der Waals surface area contributed by atoms with Gasteiger partial charge in [-0.05, 0) is 23.8 Å². The summed E-state index contributed by atoms with van der Waals surface area (Å²) in [4.78, 5) is 1.16. The predicted octanol–water partition coefficient (Wildman–Crippen LogP) is 5.65. The van der Waals surface area contributed by atoms with Crippen LogP contribution in [-0.2, 0) is 0 Å². The second-order valence-corrected chi connectivity index (χ2v) is 6.22. The molecule has 1 aromatic heterocycles. The maximum atomic E-state index is 6.41. The van der Waals surface area contributed by atoms with Gasteiger partial charge in [-0.2, -0.15) is 0 Å². The van der Waals surface area contributed by atoms with E-state index in [4.69, 9.17) is 23.2 Å². The van der Waals surface area contributed by atoms with Gasteiger partial charge in [0.05, 0.1) is 10.4 Å². The maximum Gasteiger partial charge on any atom is 0.0696 e. The topological polar surface area (TPSA) is 0 Å². The highest BCUT2D eigenvalue weighted by Gasteiger charge is 2.20. The van der Waals surface area contributed by atoms with Crippen molar-refractivity contribution in [2.24, 2.45) is 5.92 Å². The molecule has 1 atom stereocenters. The van der Waals surface area contributed by atoms with E-state index in [2.05, 4.69) is 0 Å². The molecule has 1 saturated carbocycles. The Balaban J connectivity index is 1.91. The summed E-state index contributed by atoms with van der Waals surface area (Å²) < 4.78 is 0. The zero-order valence-electron chi connectivity index (χ0n) is 8.72. The third kappa shape index (κ3) is 3.12. The predicted molar refractivity (Wildman–Crippen MR) is 69.1 cm³/mol. The van der Waals surface area contributed by atoms with E-state index in [0.29, 0.717) is 0 Å². The van der Waals surface area contributed by atoms with E-state index >= 15 is 0 Å². The highest BCUT2D eigenvalue weighted by atomic mass is 35.5. The van der Waals surface area contributed by atoms with Gasteiger partial charge in [-0.1, -0.05) is 43.7 Å². The number of hydrogen-bond donors (Lipinski definition) is 0. The molecule has 1 aliphatic carbocycles. The molecule has 1 aliphatic rings. The van der Waals surface area contributed by atoms with Gasteiger partial charge < -0.3 is 0 Å². The van der Waals surface area contributed by atoms with Gasteiger partial charge in [0.1, 0.15) is 0 Å². The first-order valence-electron chi connectivity index (χ1n) is 5.64. The number of thiophene rings is 1. The standard InChI is InChI=1S/C12H16Cl2S/c13-10-6-7-15-12(10)11(14)8-9-4-2-1-3-5-9/h6-7,9,11H,1-5,8H2. The Labute approximate surface area is 106 Å². The van der Waals surface area contributed by atoms with Crippen LogP contribution in [0.3, 0.4) is 0 Å². The van der Waals surface area contributed by atoms with Crippen LogP contribution >= 0.6 is 34.5 Å². The molecule has 0 aromatic carbocycles. The van der Waals surface area contributed by atoms with E-state index < -0.39 is 0 Å². The molecule has 1 aromatic rings. The molecule has 0 nitrogen and oxygen atoms in total. The van der Waals surface area contributed by atoms with Crippen molar-refractivity contribution in [3.8, 4) is 0 Å². The Bertz CT molecular complexity index is 302. The summed E-state index contributed by atoms with van der Waals surface area (Å²) in [6.45, 7) is 0. The Morgan fingerprint density at radius 2 is 2.07 bits per heavy atom. The zero-order valence-corrected chi connectivity index (χ0v) is 11.0. The summed E-state index contributed by atoms with van der Waals surface area (Å²) in [6.07, 6.45) is 7.97. The lowest BCUT2D eigenvalue weighted by Gasteiger charge is -2.23. The van der Waals surface area contributed by atoms with Gasteiger partial charge in [0.2, 0.25) is 0 Å². The lowest BCUT2D eigenvalue weighted by molar-refractivity contribution is 0.337. The molecule has 15 heavy (non-hydrogen) atoms. The molecule has 0 saturated heterocycles. The highest BCUT2D eigenvalue weighted by Crippen LogP contribution is 2.39. The summed E-state index contributed by atoms with van der Waals surface area (Å²) >= 11 is 14.2. The minimum Gasteiger partial charge on any atom is -0.146 e. The molecule has 0 N–H and O–H groups in total. The van der Waals surface area contributed by atoms with Crippen molar-refractivity contribution in [1.29, 1.82) is 0 Å². The summed E-state index contributed by atoms with van der Waals surface area (Å²) in [5.74, 6) is 0.819. The van der Waals surface area contributed by atoms with Gasteiger partial charge in [-0.25, -0.2) is 0 Å². The van der Waals surface area contributed by atoms with Gasteiger partial charge in [-0.15, -0.1) is 22.9 Å². The average Bonchev–Trinajstić information content (AvgIpc) is 2.66. The van der Waals surface area contributed by atoms with Gasteiger partial charge in [0.25, 0.3) is 0 Å². The summed E-state index contributed by atoms with van der Waals surface area (Å²) in [5.41, 5.74) is 0. The highest BCUT2D eigenvalue weighted by molar-refractivity contribution is 7.11. The number of halogens is 2. The van der Waals surface area contributed by atoms with E-state index in [1.54, 1.807) is 11.3 Å². The largest absolute Gasteiger partial charge is 0.146 e. The van der Waals surface area contributed by atoms with Crippen LogP contribution in [0.2, 0.25) is 5.02 Å². The first kappa shape index (κ1) is 11.8. The van der Waals surface area contributed by atoms with E-state index in [-0.39, 0.29) is 5.38 Å². The molecule has 1 heterocycles. The molecule has 0 aliphatic heterocycles. The lowest BCUT2D eigenvalue weighted by Crippen LogP contribution is -2.08. The molecule has 2 rings (SSSR count). The van der Waals surface area contributed by atoms with Crippen molar-refractivity contribution in [3.63, 3.8) is 0 Å². The number of hydrogen-bond acceptors (Lipinski definition) is 1. The fourth-order valence-electron chi connectivity index (χ4n) is 2.35. The molecule has 0 spiro atoms. The fraction of sp³-hybridized carbons (Fsp3) is 0.667. The monoisotopic (exact) mass is 262 g/mol. The summed E-state index contributed by atoms with van der Waals surface area (Å²) in [6, 6.07) is 1.94. The normalized spacial score (nSPS) is 20.4. The molecule has 1 unspecified atom stereocenters.